The van der Waals surface area contributed by atoms with Crippen LogP contribution in [0.3, 0.4) is 0 Å². The number of rotatable bonds is 4. The summed E-state index contributed by atoms with van der Waals surface area (Å²) in [7, 11) is 0. The van der Waals surface area contributed by atoms with Gasteiger partial charge in [0.05, 0.1) is 0 Å². The summed E-state index contributed by atoms with van der Waals surface area (Å²) in [5.41, 5.74) is 8.18. The van der Waals surface area contributed by atoms with Crippen molar-refractivity contribution < 1.29 is 8.78 Å². The summed E-state index contributed by atoms with van der Waals surface area (Å²) >= 11 is 1.41. The van der Waals surface area contributed by atoms with Crippen molar-refractivity contribution in [3.8, 4) is 0 Å². The van der Waals surface area contributed by atoms with Gasteiger partial charge in [0.15, 0.2) is 11.6 Å². The van der Waals surface area contributed by atoms with Crippen LogP contribution in [0, 0.1) is 18.6 Å². The van der Waals surface area contributed by atoms with E-state index in [-0.39, 0.29) is 6.04 Å². The largest absolute Gasteiger partial charge is 0.328 e. The van der Waals surface area contributed by atoms with Crippen molar-refractivity contribution >= 4 is 11.8 Å². The minimum Gasteiger partial charge on any atom is -0.328 e. The fourth-order valence-electron chi connectivity index (χ4n) is 1.98. The molecule has 106 valence electrons. The zero-order valence-corrected chi connectivity index (χ0v) is 12.3. The Kier molecular flexibility index (Phi) is 4.78. The first-order valence-corrected chi connectivity index (χ1v) is 7.25. The van der Waals surface area contributed by atoms with E-state index in [4.69, 9.17) is 5.73 Å². The summed E-state index contributed by atoms with van der Waals surface area (Å²) in [6.07, 6.45) is 0.835. The van der Waals surface area contributed by atoms with Crippen LogP contribution in [0.15, 0.2) is 46.2 Å². The van der Waals surface area contributed by atoms with E-state index in [1.807, 2.05) is 32.0 Å². The molecule has 0 saturated heterocycles. The molecule has 0 aliphatic rings. The Bertz CT molecular complexity index is 611. The predicted molar refractivity (Wildman–Crippen MR) is 79.0 cm³/mol. The van der Waals surface area contributed by atoms with Gasteiger partial charge in [0, 0.05) is 15.8 Å². The van der Waals surface area contributed by atoms with Crippen LogP contribution in [0.5, 0.6) is 0 Å². The summed E-state index contributed by atoms with van der Waals surface area (Å²) in [6.45, 7) is 4.01. The monoisotopic (exact) mass is 293 g/mol. The van der Waals surface area contributed by atoms with E-state index >= 15 is 0 Å². The van der Waals surface area contributed by atoms with Crippen molar-refractivity contribution in [2.75, 3.05) is 0 Å². The van der Waals surface area contributed by atoms with Gasteiger partial charge in [-0.3, -0.25) is 0 Å². The van der Waals surface area contributed by atoms with Crippen LogP contribution in [0.2, 0.25) is 0 Å². The zero-order valence-electron chi connectivity index (χ0n) is 11.5. The molecule has 0 bridgehead atoms. The van der Waals surface area contributed by atoms with Gasteiger partial charge in [-0.25, -0.2) is 8.78 Å². The van der Waals surface area contributed by atoms with Gasteiger partial charge in [-0.2, -0.15) is 0 Å². The van der Waals surface area contributed by atoms with Gasteiger partial charge in [-0.05, 0) is 61.7 Å². The van der Waals surface area contributed by atoms with Gasteiger partial charge in [-0.15, -0.1) is 0 Å². The number of nitrogens with two attached hydrogens (primary N) is 1. The molecular formula is C16H17F2NS. The molecule has 0 spiro atoms. The number of benzene rings is 2. The third-order valence-electron chi connectivity index (χ3n) is 2.98. The summed E-state index contributed by atoms with van der Waals surface area (Å²) in [4.78, 5) is 1.69. The first kappa shape index (κ1) is 15.0. The van der Waals surface area contributed by atoms with Gasteiger partial charge < -0.3 is 5.73 Å². The zero-order chi connectivity index (χ0) is 14.7. The topological polar surface area (TPSA) is 26.0 Å². The number of halogens is 2. The highest BCUT2D eigenvalue weighted by Crippen LogP contribution is 2.30. The smallest absolute Gasteiger partial charge is 0.159 e. The molecule has 0 radical (unpaired) electrons. The molecule has 0 fully saturated rings. The Balaban J connectivity index is 2.17. The maximum absolute atomic E-state index is 13.2. The van der Waals surface area contributed by atoms with Gasteiger partial charge in [-0.1, -0.05) is 17.8 Å². The fourth-order valence-corrected chi connectivity index (χ4v) is 2.93. The Morgan fingerprint density at radius 3 is 2.30 bits per heavy atom. The molecule has 4 heteroatoms. The SMILES string of the molecule is Cc1cc(Sc2ccc(F)c(F)c2)ccc1CC(C)N. The normalized spacial score (nSPS) is 12.4. The van der Waals surface area contributed by atoms with Gasteiger partial charge in [0.25, 0.3) is 0 Å². The summed E-state index contributed by atoms with van der Waals surface area (Å²) < 4.78 is 26.0. The second kappa shape index (κ2) is 6.37. The van der Waals surface area contributed by atoms with Crippen LogP contribution in [0.25, 0.3) is 0 Å². The maximum atomic E-state index is 13.2. The molecule has 2 N–H and O–H groups in total. The molecule has 0 saturated carbocycles. The van der Waals surface area contributed by atoms with E-state index in [1.165, 1.54) is 23.4 Å². The number of hydrogen-bond acceptors (Lipinski definition) is 2. The molecule has 20 heavy (non-hydrogen) atoms. The lowest BCUT2D eigenvalue weighted by atomic mass is 10.0. The highest BCUT2D eigenvalue weighted by Gasteiger charge is 2.06. The molecular weight excluding hydrogens is 276 g/mol. The Morgan fingerprint density at radius 2 is 1.70 bits per heavy atom. The molecule has 2 rings (SSSR count). The molecule has 0 amide bonds. The Hall–Kier alpha value is -1.39. The predicted octanol–water partition coefficient (Wildman–Crippen LogP) is 4.31. The molecule has 2 aromatic rings. The third-order valence-corrected chi connectivity index (χ3v) is 3.96. The van der Waals surface area contributed by atoms with Crippen LogP contribution in [-0.4, -0.2) is 6.04 Å². The lowest BCUT2D eigenvalue weighted by molar-refractivity contribution is 0.506. The molecule has 0 heterocycles. The molecule has 1 unspecified atom stereocenters. The van der Waals surface area contributed by atoms with E-state index in [0.717, 1.165) is 22.9 Å². The van der Waals surface area contributed by atoms with E-state index in [2.05, 4.69) is 0 Å². The standard InChI is InChI=1S/C16H17F2NS/c1-10-7-13(4-3-12(10)8-11(2)19)20-14-5-6-15(17)16(18)9-14/h3-7,9,11H,8,19H2,1-2H3. The van der Waals surface area contributed by atoms with Crippen molar-refractivity contribution in [1.29, 1.82) is 0 Å². The Morgan fingerprint density at radius 1 is 1.05 bits per heavy atom. The minimum atomic E-state index is -0.821. The molecule has 0 aliphatic heterocycles. The number of aryl methyl sites for hydroxylation is 1. The second-order valence-electron chi connectivity index (χ2n) is 4.95. The fraction of sp³-hybridized carbons (Fsp3) is 0.250. The molecule has 0 aliphatic carbocycles. The van der Waals surface area contributed by atoms with E-state index in [0.29, 0.717) is 4.90 Å². The van der Waals surface area contributed by atoms with Crippen molar-refractivity contribution in [2.24, 2.45) is 5.73 Å². The molecule has 2 aromatic carbocycles. The van der Waals surface area contributed by atoms with Gasteiger partial charge in [0.2, 0.25) is 0 Å². The molecule has 1 nitrogen and oxygen atoms in total. The van der Waals surface area contributed by atoms with Crippen LogP contribution in [-0.2, 0) is 6.42 Å². The van der Waals surface area contributed by atoms with Crippen molar-refractivity contribution in [3.05, 3.63) is 59.2 Å². The van der Waals surface area contributed by atoms with E-state index < -0.39 is 11.6 Å². The first-order chi connectivity index (χ1) is 9.45. The summed E-state index contributed by atoms with van der Waals surface area (Å²) in [6, 6.07) is 10.1. The first-order valence-electron chi connectivity index (χ1n) is 6.43. The second-order valence-corrected chi connectivity index (χ2v) is 6.09. The Labute approximate surface area is 122 Å². The lowest BCUT2D eigenvalue weighted by Crippen LogP contribution is -2.18. The van der Waals surface area contributed by atoms with E-state index in [1.54, 1.807) is 6.07 Å². The summed E-state index contributed by atoms with van der Waals surface area (Å²) in [5, 5.41) is 0. The van der Waals surface area contributed by atoms with Crippen LogP contribution in [0.1, 0.15) is 18.1 Å². The quantitative estimate of drug-likeness (QED) is 0.909. The third kappa shape index (κ3) is 3.81. The molecule has 1 atom stereocenters. The van der Waals surface area contributed by atoms with Crippen LogP contribution < -0.4 is 5.73 Å². The van der Waals surface area contributed by atoms with Crippen molar-refractivity contribution in [3.63, 3.8) is 0 Å². The van der Waals surface area contributed by atoms with Crippen LogP contribution in [0.4, 0.5) is 8.78 Å². The van der Waals surface area contributed by atoms with Gasteiger partial charge in [0.1, 0.15) is 0 Å². The molecule has 0 aromatic heterocycles. The van der Waals surface area contributed by atoms with E-state index in [9.17, 15) is 8.78 Å². The average molecular weight is 293 g/mol. The minimum absolute atomic E-state index is 0.124. The van der Waals surface area contributed by atoms with Crippen molar-refractivity contribution in [1.82, 2.24) is 0 Å². The highest BCUT2D eigenvalue weighted by molar-refractivity contribution is 7.99. The van der Waals surface area contributed by atoms with Crippen LogP contribution >= 0.6 is 11.8 Å². The lowest BCUT2D eigenvalue weighted by Gasteiger charge is -2.10. The van der Waals surface area contributed by atoms with Crippen molar-refractivity contribution in [2.45, 2.75) is 36.1 Å². The summed E-state index contributed by atoms with van der Waals surface area (Å²) in [5.74, 6) is -1.64. The number of hydrogen-bond donors (Lipinski definition) is 1. The maximum Gasteiger partial charge on any atom is 0.159 e. The average Bonchev–Trinajstić information content (AvgIpc) is 2.37. The van der Waals surface area contributed by atoms with Gasteiger partial charge >= 0.3 is 0 Å². The highest BCUT2D eigenvalue weighted by atomic mass is 32.2.